The van der Waals surface area contributed by atoms with Gasteiger partial charge in [-0.3, -0.25) is 9.59 Å². The van der Waals surface area contributed by atoms with E-state index in [0.29, 0.717) is 13.1 Å². The average molecular weight is 370 g/mol. The first-order valence-corrected chi connectivity index (χ1v) is 10.4. The van der Waals surface area contributed by atoms with Crippen molar-refractivity contribution >= 4 is 11.8 Å². The quantitative estimate of drug-likeness (QED) is 0.820. The Bertz CT molecular complexity index is 663. The Morgan fingerprint density at radius 2 is 1.52 bits per heavy atom. The topological polar surface area (TPSA) is 43.9 Å². The molecule has 1 aliphatic carbocycles. The van der Waals surface area contributed by atoms with Crippen LogP contribution in [0.4, 0.5) is 0 Å². The molecule has 2 saturated heterocycles. The maximum Gasteiger partial charge on any atom is 0.228 e. The van der Waals surface area contributed by atoms with Gasteiger partial charge in [0.1, 0.15) is 0 Å². The molecule has 1 aromatic rings. The monoisotopic (exact) mass is 369 g/mol. The van der Waals surface area contributed by atoms with Crippen molar-refractivity contribution < 1.29 is 9.59 Å². The van der Waals surface area contributed by atoms with E-state index in [0.717, 1.165) is 51.9 Å². The largest absolute Gasteiger partial charge is 0.341 e. The molecule has 0 spiro atoms. The summed E-state index contributed by atoms with van der Waals surface area (Å²) in [5.41, 5.74) is 1.19. The molecule has 3 fully saturated rings. The fraction of sp³-hybridized carbons (Fsp3) is 0.636. The van der Waals surface area contributed by atoms with Gasteiger partial charge >= 0.3 is 0 Å². The van der Waals surface area contributed by atoms with Crippen LogP contribution >= 0.6 is 0 Å². The van der Waals surface area contributed by atoms with Crippen molar-refractivity contribution in [2.45, 2.75) is 31.6 Å². The second-order valence-electron chi connectivity index (χ2n) is 8.48. The standard InChI is InChI=1S/C22H31N3O2/c1-23-11-13-24(14-12-23)22(27)20-16-25(21(26)18-9-5-6-10-18)15-19(20)17-7-3-2-4-8-17/h2-4,7-8,18-20H,5-6,9-16H2,1H3. The number of hydrogen-bond acceptors (Lipinski definition) is 3. The van der Waals surface area contributed by atoms with Crippen molar-refractivity contribution in [3.8, 4) is 0 Å². The minimum Gasteiger partial charge on any atom is -0.341 e. The zero-order valence-corrected chi connectivity index (χ0v) is 16.3. The third-order valence-electron chi connectivity index (χ3n) is 6.70. The number of carbonyl (C=O) groups excluding carboxylic acids is 2. The van der Waals surface area contributed by atoms with Gasteiger partial charge in [-0.1, -0.05) is 43.2 Å². The number of carbonyl (C=O) groups is 2. The molecular weight excluding hydrogens is 338 g/mol. The van der Waals surface area contributed by atoms with Crippen LogP contribution in [-0.4, -0.2) is 72.8 Å². The van der Waals surface area contributed by atoms with Crippen LogP contribution in [0.5, 0.6) is 0 Å². The van der Waals surface area contributed by atoms with Crippen LogP contribution in [0.1, 0.15) is 37.2 Å². The van der Waals surface area contributed by atoms with Crippen molar-refractivity contribution in [2.24, 2.45) is 11.8 Å². The van der Waals surface area contributed by atoms with E-state index >= 15 is 0 Å². The van der Waals surface area contributed by atoms with Crippen molar-refractivity contribution in [3.63, 3.8) is 0 Å². The first-order chi connectivity index (χ1) is 13.1. The number of nitrogens with zero attached hydrogens (tertiary/aromatic N) is 3. The lowest BCUT2D eigenvalue weighted by molar-refractivity contribution is -0.138. The van der Waals surface area contributed by atoms with Gasteiger partial charge < -0.3 is 14.7 Å². The molecule has 5 heteroatoms. The number of likely N-dealkylation sites (N-methyl/N-ethyl adjacent to an activating group) is 1. The summed E-state index contributed by atoms with van der Waals surface area (Å²) in [6.45, 7) is 4.72. The normalized spacial score (nSPS) is 27.3. The highest BCUT2D eigenvalue weighted by atomic mass is 16.2. The molecule has 0 aromatic heterocycles. The molecule has 3 aliphatic rings. The number of amides is 2. The van der Waals surface area contributed by atoms with Crippen molar-refractivity contribution in [2.75, 3.05) is 46.3 Å². The van der Waals surface area contributed by atoms with Crippen molar-refractivity contribution in [1.82, 2.24) is 14.7 Å². The minimum absolute atomic E-state index is 0.110. The fourth-order valence-electron chi connectivity index (χ4n) is 4.96. The molecule has 2 unspecified atom stereocenters. The summed E-state index contributed by atoms with van der Waals surface area (Å²) in [5.74, 6) is 0.699. The highest BCUT2D eigenvalue weighted by Crippen LogP contribution is 2.36. The molecule has 2 aliphatic heterocycles. The first kappa shape index (κ1) is 18.5. The molecule has 4 rings (SSSR count). The molecule has 2 heterocycles. The van der Waals surface area contributed by atoms with Gasteiger partial charge in [-0.05, 0) is 25.5 Å². The highest BCUT2D eigenvalue weighted by molar-refractivity contribution is 5.84. The Morgan fingerprint density at radius 3 is 2.19 bits per heavy atom. The zero-order valence-electron chi connectivity index (χ0n) is 16.3. The summed E-state index contributed by atoms with van der Waals surface area (Å²) in [6, 6.07) is 10.3. The number of hydrogen-bond donors (Lipinski definition) is 0. The number of piperazine rings is 1. The van der Waals surface area contributed by atoms with Crippen molar-refractivity contribution in [1.29, 1.82) is 0 Å². The average Bonchev–Trinajstić information content (AvgIpc) is 3.38. The van der Waals surface area contributed by atoms with E-state index in [4.69, 9.17) is 0 Å². The fourth-order valence-corrected chi connectivity index (χ4v) is 4.96. The van der Waals surface area contributed by atoms with E-state index in [1.807, 2.05) is 28.0 Å². The van der Waals surface area contributed by atoms with E-state index in [2.05, 4.69) is 24.1 Å². The SMILES string of the molecule is CN1CCN(C(=O)C2CN(C(=O)C3CCCC3)CC2c2ccccc2)CC1. The third kappa shape index (κ3) is 3.88. The van der Waals surface area contributed by atoms with E-state index in [1.54, 1.807) is 0 Å². The summed E-state index contributed by atoms with van der Waals surface area (Å²) in [6.07, 6.45) is 4.36. The summed E-state index contributed by atoms with van der Waals surface area (Å²) in [5, 5.41) is 0. The molecule has 2 atom stereocenters. The Kier molecular flexibility index (Phi) is 5.48. The van der Waals surface area contributed by atoms with Gasteiger partial charge in [0.25, 0.3) is 0 Å². The third-order valence-corrected chi connectivity index (χ3v) is 6.70. The molecule has 146 valence electrons. The van der Waals surface area contributed by atoms with Gasteiger partial charge in [-0.25, -0.2) is 0 Å². The van der Waals surface area contributed by atoms with Gasteiger partial charge in [0.2, 0.25) is 11.8 Å². The Morgan fingerprint density at radius 1 is 0.852 bits per heavy atom. The summed E-state index contributed by atoms with van der Waals surface area (Å²) >= 11 is 0. The second-order valence-corrected chi connectivity index (χ2v) is 8.48. The molecule has 5 nitrogen and oxygen atoms in total. The molecule has 0 N–H and O–H groups in total. The molecule has 1 saturated carbocycles. The van der Waals surface area contributed by atoms with Crippen LogP contribution in [0.25, 0.3) is 0 Å². The van der Waals surface area contributed by atoms with E-state index < -0.39 is 0 Å². The molecule has 27 heavy (non-hydrogen) atoms. The van der Waals surface area contributed by atoms with Crippen LogP contribution in [0, 0.1) is 11.8 Å². The second kappa shape index (κ2) is 8.01. The lowest BCUT2D eigenvalue weighted by atomic mass is 9.88. The highest BCUT2D eigenvalue weighted by Gasteiger charge is 2.43. The van der Waals surface area contributed by atoms with Crippen LogP contribution < -0.4 is 0 Å². The lowest BCUT2D eigenvalue weighted by Crippen LogP contribution is -2.50. The van der Waals surface area contributed by atoms with E-state index in [-0.39, 0.29) is 29.6 Å². The molecule has 0 radical (unpaired) electrons. The van der Waals surface area contributed by atoms with Gasteiger partial charge in [-0.15, -0.1) is 0 Å². The predicted molar refractivity (Wildman–Crippen MR) is 105 cm³/mol. The summed E-state index contributed by atoms with van der Waals surface area (Å²) in [7, 11) is 2.10. The zero-order chi connectivity index (χ0) is 18.8. The van der Waals surface area contributed by atoms with Crippen LogP contribution in [0.2, 0.25) is 0 Å². The van der Waals surface area contributed by atoms with Gasteiger partial charge in [0, 0.05) is 51.1 Å². The van der Waals surface area contributed by atoms with E-state index in [9.17, 15) is 9.59 Å². The number of benzene rings is 1. The lowest BCUT2D eigenvalue weighted by Gasteiger charge is -2.35. The van der Waals surface area contributed by atoms with Crippen LogP contribution in [-0.2, 0) is 9.59 Å². The van der Waals surface area contributed by atoms with Gasteiger partial charge in [0.05, 0.1) is 5.92 Å². The maximum atomic E-state index is 13.3. The summed E-state index contributed by atoms with van der Waals surface area (Å²) < 4.78 is 0. The smallest absolute Gasteiger partial charge is 0.228 e. The first-order valence-electron chi connectivity index (χ1n) is 10.4. The Hall–Kier alpha value is -1.88. The number of likely N-dealkylation sites (tertiary alicyclic amines) is 1. The van der Waals surface area contributed by atoms with Gasteiger partial charge in [0.15, 0.2) is 0 Å². The molecule has 1 aromatic carbocycles. The Balaban J connectivity index is 1.53. The molecule has 0 bridgehead atoms. The minimum atomic E-state index is -0.110. The number of rotatable bonds is 3. The molecular formula is C22H31N3O2. The van der Waals surface area contributed by atoms with Crippen LogP contribution in [0.3, 0.4) is 0 Å². The maximum absolute atomic E-state index is 13.3. The van der Waals surface area contributed by atoms with Crippen LogP contribution in [0.15, 0.2) is 30.3 Å². The van der Waals surface area contributed by atoms with Gasteiger partial charge in [-0.2, -0.15) is 0 Å². The summed E-state index contributed by atoms with van der Waals surface area (Å²) in [4.78, 5) is 32.6. The van der Waals surface area contributed by atoms with Crippen molar-refractivity contribution in [3.05, 3.63) is 35.9 Å². The molecule has 2 amide bonds. The Labute approximate surface area is 162 Å². The van der Waals surface area contributed by atoms with E-state index in [1.165, 1.54) is 5.56 Å². The predicted octanol–water partition coefficient (Wildman–Crippen LogP) is 2.19.